The van der Waals surface area contributed by atoms with Crippen molar-refractivity contribution in [1.82, 2.24) is 89.7 Å². The van der Waals surface area contributed by atoms with Crippen LogP contribution in [0.2, 0.25) is 0 Å². The van der Waals surface area contributed by atoms with Crippen LogP contribution in [0.5, 0.6) is 0 Å². The molecule has 0 radical (unpaired) electrons. The summed E-state index contributed by atoms with van der Waals surface area (Å²) in [6.07, 6.45) is 0. The van der Waals surface area contributed by atoms with Crippen molar-refractivity contribution in [3.63, 3.8) is 0 Å². The minimum absolute atomic E-state index is 0.168. The molecule has 0 saturated heterocycles. The summed E-state index contributed by atoms with van der Waals surface area (Å²) in [4.78, 5) is 80.4. The Morgan fingerprint density at radius 2 is 0.480 bits per heavy atom. The first-order valence-electron chi connectivity index (χ1n) is 24.2. The van der Waals surface area contributed by atoms with Crippen LogP contribution in [0.1, 0.15) is 39.3 Å². The summed E-state index contributed by atoms with van der Waals surface area (Å²) in [5.41, 5.74) is 11.4. The molecule has 0 amide bonds. The van der Waals surface area contributed by atoms with Crippen LogP contribution in [0.25, 0.3) is 0 Å². The SMILES string of the molecule is CCSc1nc(N)nc(NCCNc2nc(NCCNc3nc(NCCNc4nc(NCCNc5nc(C)nc(NCCNc6nc(C)nc(NCCN)n6)n5)nc(SCC)n4)nc(SCC)n3)nc(SCC)n2)n1. The first kappa shape index (κ1) is 57.3. The van der Waals surface area contributed by atoms with E-state index in [1.807, 2.05) is 34.6 Å². The molecule has 75 heavy (non-hydrogen) atoms. The number of hydrogen-bond donors (Lipinski definition) is 13. The van der Waals surface area contributed by atoms with Crippen LogP contribution in [0, 0.1) is 13.8 Å². The quantitative estimate of drug-likeness (QED) is 0.0198. The normalized spacial score (nSPS) is 10.9. The predicted octanol–water partition coefficient (Wildman–Crippen LogP) is 2.43. The average molecular weight is 1110 g/mol. The molecule has 6 aromatic heterocycles. The van der Waals surface area contributed by atoms with Crippen LogP contribution in [-0.2, 0) is 0 Å². The zero-order valence-electron chi connectivity index (χ0n) is 42.7. The molecule has 0 atom stereocenters. The van der Waals surface area contributed by atoms with Crippen molar-refractivity contribution >= 4 is 118 Å². The van der Waals surface area contributed by atoms with Gasteiger partial charge in [0, 0.05) is 78.5 Å². The molecular formula is C40H65N31S4. The second-order valence-electron chi connectivity index (χ2n) is 14.9. The van der Waals surface area contributed by atoms with Crippen molar-refractivity contribution in [2.24, 2.45) is 5.73 Å². The van der Waals surface area contributed by atoms with E-state index in [9.17, 15) is 0 Å². The molecule has 6 heterocycles. The van der Waals surface area contributed by atoms with Gasteiger partial charge in [-0.05, 0) is 36.9 Å². The third kappa shape index (κ3) is 21.0. The number of anilines is 12. The molecule has 0 unspecified atom stereocenters. The van der Waals surface area contributed by atoms with Gasteiger partial charge < -0.3 is 70.0 Å². The summed E-state index contributed by atoms with van der Waals surface area (Å²) in [7, 11) is 0. The van der Waals surface area contributed by atoms with Gasteiger partial charge in [0.2, 0.25) is 71.4 Å². The van der Waals surface area contributed by atoms with E-state index < -0.39 is 0 Å². The van der Waals surface area contributed by atoms with Crippen molar-refractivity contribution in [2.45, 2.75) is 62.2 Å². The van der Waals surface area contributed by atoms with Crippen LogP contribution in [-0.4, -0.2) is 191 Å². The molecule has 6 aromatic rings. The second kappa shape index (κ2) is 31.7. The van der Waals surface area contributed by atoms with Crippen LogP contribution in [0.4, 0.5) is 71.4 Å². The summed E-state index contributed by atoms with van der Waals surface area (Å²) in [5, 5.41) is 37.9. The molecule has 0 aliphatic heterocycles. The molecule has 0 fully saturated rings. The van der Waals surface area contributed by atoms with E-state index in [4.69, 9.17) is 11.5 Å². The number of aryl methyl sites for hydroxylation is 2. The Morgan fingerprint density at radius 3 is 0.707 bits per heavy atom. The highest BCUT2D eigenvalue weighted by atomic mass is 32.2. The van der Waals surface area contributed by atoms with Gasteiger partial charge in [-0.15, -0.1) is 0 Å². The highest BCUT2D eigenvalue weighted by Crippen LogP contribution is 2.20. The zero-order valence-corrected chi connectivity index (χ0v) is 45.9. The van der Waals surface area contributed by atoms with Crippen LogP contribution < -0.4 is 70.0 Å². The summed E-state index contributed by atoms with van der Waals surface area (Å²) in [5.74, 6) is 9.34. The van der Waals surface area contributed by atoms with Crippen molar-refractivity contribution in [2.75, 3.05) is 166 Å². The lowest BCUT2D eigenvalue weighted by Crippen LogP contribution is -2.21. The number of nitrogens with zero attached hydrogens (tertiary/aromatic N) is 18. The van der Waals surface area contributed by atoms with Gasteiger partial charge in [0.1, 0.15) is 11.6 Å². The van der Waals surface area contributed by atoms with Gasteiger partial charge in [-0.25, -0.2) is 0 Å². The number of nitrogen functional groups attached to an aromatic ring is 1. The third-order valence-corrected chi connectivity index (χ3v) is 11.9. The minimum atomic E-state index is 0.168. The topological polar surface area (TPSA) is 416 Å². The van der Waals surface area contributed by atoms with Gasteiger partial charge in [0.05, 0.1) is 0 Å². The maximum Gasteiger partial charge on any atom is 0.228 e. The number of aromatic nitrogens is 18. The zero-order chi connectivity index (χ0) is 53.0. The van der Waals surface area contributed by atoms with E-state index >= 15 is 0 Å². The maximum atomic E-state index is 5.85. The number of rotatable bonds is 36. The molecular weight excluding hydrogens is 1040 g/mol. The van der Waals surface area contributed by atoms with E-state index in [1.165, 1.54) is 47.0 Å². The Kier molecular flexibility index (Phi) is 24.2. The number of hydrogen-bond acceptors (Lipinski definition) is 35. The first-order valence-corrected chi connectivity index (χ1v) is 28.1. The minimum Gasteiger partial charge on any atom is -0.368 e. The maximum absolute atomic E-state index is 5.85. The van der Waals surface area contributed by atoms with Crippen LogP contribution >= 0.6 is 47.0 Å². The third-order valence-electron chi connectivity index (χ3n) is 8.95. The van der Waals surface area contributed by atoms with Crippen molar-refractivity contribution in [1.29, 1.82) is 0 Å². The predicted molar refractivity (Wildman–Crippen MR) is 301 cm³/mol. The van der Waals surface area contributed by atoms with E-state index in [-0.39, 0.29) is 5.95 Å². The Hall–Kier alpha value is -6.98. The van der Waals surface area contributed by atoms with E-state index in [0.29, 0.717) is 176 Å². The van der Waals surface area contributed by atoms with Gasteiger partial charge in [0.25, 0.3) is 0 Å². The molecule has 6 rings (SSSR count). The Bertz CT molecular complexity index is 2670. The van der Waals surface area contributed by atoms with E-state index in [1.54, 1.807) is 6.92 Å². The first-order chi connectivity index (χ1) is 36.6. The lowest BCUT2D eigenvalue weighted by molar-refractivity contribution is 0.863. The summed E-state index contributed by atoms with van der Waals surface area (Å²) < 4.78 is 0. The average Bonchev–Trinajstić information content (AvgIpc) is 3.37. The fourth-order valence-corrected chi connectivity index (χ4v) is 8.22. The number of thioether (sulfide) groups is 4. The fraction of sp³-hybridized carbons (Fsp3) is 0.550. The summed E-state index contributed by atoms with van der Waals surface area (Å²) in [6.45, 7) is 17.7. The Labute approximate surface area is 451 Å². The molecule has 0 aliphatic carbocycles. The van der Waals surface area contributed by atoms with Crippen molar-refractivity contribution in [3.8, 4) is 0 Å². The molecule has 0 saturated carbocycles. The standard InChI is InChI=1S/C40H65N31S4/c1-7-72-37-59-25(42)58-30(65-37)47-16-18-49-32-63-34(69-39(67-32)74-9-3)51-20-22-53-36-64-35(70-40(71-36)75-10-4)52-21-19-50-33-62-31(66-38(68-33)73-8-2)48-17-15-46-29-57-24(6)56-28(61-29)45-14-13-44-27-55-23(5)54-26(60-27)43-12-11-41/h7-22,41H2,1-6H3,(H3,42,47,58,59,65)(H2,43,44,54,55,60)(H2,45,46,56,57,61)(H2,48,50,62,66,68)(H2,49,51,63,67,69)(H2,52,53,64,70,71). The summed E-state index contributed by atoms with van der Waals surface area (Å²) in [6, 6.07) is 0. The molecule has 0 aliphatic rings. The van der Waals surface area contributed by atoms with Crippen LogP contribution in [0.15, 0.2) is 20.6 Å². The van der Waals surface area contributed by atoms with E-state index in [2.05, 4.69) is 148 Å². The highest BCUT2D eigenvalue weighted by Gasteiger charge is 2.12. The van der Waals surface area contributed by atoms with Gasteiger partial charge >= 0.3 is 0 Å². The fourth-order valence-electron chi connectivity index (χ4n) is 5.98. The second-order valence-corrected chi connectivity index (χ2v) is 19.8. The van der Waals surface area contributed by atoms with Crippen molar-refractivity contribution < 1.29 is 0 Å². The molecule has 0 bridgehead atoms. The highest BCUT2D eigenvalue weighted by molar-refractivity contribution is 7.99. The number of nitrogens with two attached hydrogens (primary N) is 2. The number of nitrogens with one attached hydrogen (secondary N) is 11. The lowest BCUT2D eigenvalue weighted by atomic mass is 10.5. The molecule has 31 nitrogen and oxygen atoms in total. The van der Waals surface area contributed by atoms with Gasteiger partial charge in [-0.3, -0.25) is 0 Å². The Morgan fingerprint density at radius 1 is 0.280 bits per heavy atom. The van der Waals surface area contributed by atoms with Crippen LogP contribution in [0.3, 0.4) is 0 Å². The van der Waals surface area contributed by atoms with Gasteiger partial charge in [-0.1, -0.05) is 74.7 Å². The largest absolute Gasteiger partial charge is 0.368 e. The van der Waals surface area contributed by atoms with E-state index in [0.717, 1.165) is 23.0 Å². The summed E-state index contributed by atoms with van der Waals surface area (Å²) >= 11 is 6.05. The molecule has 0 aromatic carbocycles. The van der Waals surface area contributed by atoms with Crippen molar-refractivity contribution in [3.05, 3.63) is 11.6 Å². The molecule has 404 valence electrons. The monoisotopic (exact) mass is 1110 g/mol. The Balaban J connectivity index is 0.932. The smallest absolute Gasteiger partial charge is 0.228 e. The molecule has 35 heteroatoms. The van der Waals surface area contributed by atoms with Gasteiger partial charge in [0.15, 0.2) is 20.6 Å². The molecule has 15 N–H and O–H groups in total. The molecule has 0 spiro atoms. The van der Waals surface area contributed by atoms with Gasteiger partial charge in [-0.2, -0.15) is 89.7 Å². The lowest BCUT2D eigenvalue weighted by Gasteiger charge is -2.12.